The number of rotatable bonds is 10. The molecule has 0 amide bonds. The monoisotopic (exact) mass is 948 g/mol. The highest BCUT2D eigenvalue weighted by Crippen LogP contribution is 2.49. The molecule has 0 unspecified atom stereocenters. The fraction of sp³-hybridized carbons (Fsp3) is 0. The van der Waals surface area contributed by atoms with Gasteiger partial charge in [-0.3, -0.25) is 0 Å². The average molecular weight is 949 g/mol. The van der Waals surface area contributed by atoms with Crippen molar-refractivity contribution >= 4 is 66.4 Å². The second-order valence-electron chi connectivity index (χ2n) is 17.8. The number of anilines is 6. The van der Waals surface area contributed by atoms with Crippen LogP contribution in [0.15, 0.2) is 231 Å². The molecule has 0 aliphatic rings. The van der Waals surface area contributed by atoms with E-state index in [1.807, 2.05) is 82.6 Å². The molecule has 8 heteroatoms. The Morgan fingerprint density at radius 2 is 0.528 bits per heavy atom. The highest BCUT2D eigenvalue weighted by Gasteiger charge is 2.24. The largest absolute Gasteiger partial charge is 0.310 e. The van der Waals surface area contributed by atoms with Crippen molar-refractivity contribution in [1.82, 2.24) is 0 Å². The molecule has 0 radical (unpaired) electrons. The van der Waals surface area contributed by atoms with E-state index in [2.05, 4.69) is 36.4 Å². The van der Waals surface area contributed by atoms with Gasteiger partial charge in [0, 0.05) is 33.5 Å². The predicted octanol–water partition coefficient (Wildman–Crippen LogP) is 19.0. The molecule has 12 aromatic carbocycles. The Labute approximate surface area is 410 Å². The minimum Gasteiger partial charge on any atom is -0.310 e. The summed E-state index contributed by atoms with van der Waals surface area (Å²) in [5.41, 5.74) is 9.33. The van der Waals surface area contributed by atoms with Crippen LogP contribution in [-0.4, -0.2) is 0 Å². The smallest absolute Gasteiger partial charge is 0.123 e. The number of benzene rings is 12. The Morgan fingerprint density at radius 3 is 0.833 bits per heavy atom. The lowest BCUT2D eigenvalue weighted by Gasteiger charge is -2.30. The number of nitrogens with zero attached hydrogens (tertiary/aromatic N) is 2. The Balaban J connectivity index is 1.10. The summed E-state index contributed by atoms with van der Waals surface area (Å²) < 4.78 is 89.1. The van der Waals surface area contributed by atoms with Gasteiger partial charge in [-0.2, -0.15) is 0 Å². The fourth-order valence-electron chi connectivity index (χ4n) is 10.0. The van der Waals surface area contributed by atoms with E-state index in [1.54, 1.807) is 48.5 Å². The first kappa shape index (κ1) is 44.1. The van der Waals surface area contributed by atoms with Crippen molar-refractivity contribution < 1.29 is 26.3 Å². The van der Waals surface area contributed by atoms with Crippen LogP contribution in [0.3, 0.4) is 0 Å². The molecule has 0 saturated carbocycles. The molecular formula is C64H38F6N2. The molecule has 0 atom stereocenters. The molecule has 0 fully saturated rings. The summed E-state index contributed by atoms with van der Waals surface area (Å²) in [5, 5.41) is 5.52. The zero-order valence-electron chi connectivity index (χ0n) is 38.1. The summed E-state index contributed by atoms with van der Waals surface area (Å²) >= 11 is 0. The fourth-order valence-corrected chi connectivity index (χ4v) is 10.0. The van der Waals surface area contributed by atoms with Crippen LogP contribution >= 0.6 is 0 Å². The minimum atomic E-state index is -0.411. The molecule has 0 saturated heterocycles. The summed E-state index contributed by atoms with van der Waals surface area (Å²) in [7, 11) is 0. The lowest BCUT2D eigenvalue weighted by molar-refractivity contribution is 0.627. The standard InChI is InChI=1S/C64H38F6N2/c65-49-17-21-55(22-18-49)71(57-35-45(41-5-1-9-51(67)31-41)29-46(36-57)42-6-2-10-52(68)32-42)61-27-15-39-14-26-60-62(28-16-40-13-25-59(61)63(39)64(40)60)72(56-23-19-50(66)20-24-56)58-37-47(43-7-3-11-53(69)33-43)30-48(38-58)44-8-4-12-54(70)34-44/h1-38H. The van der Waals surface area contributed by atoms with Crippen molar-refractivity contribution in [2.75, 3.05) is 9.80 Å². The molecule has 12 rings (SSSR count). The van der Waals surface area contributed by atoms with E-state index in [9.17, 15) is 26.3 Å². The summed E-state index contributed by atoms with van der Waals surface area (Å²) in [6.45, 7) is 0. The Hall–Kier alpha value is -9.14. The van der Waals surface area contributed by atoms with Crippen LogP contribution < -0.4 is 9.80 Å². The topological polar surface area (TPSA) is 6.48 Å². The van der Waals surface area contributed by atoms with Crippen molar-refractivity contribution in [1.29, 1.82) is 0 Å². The van der Waals surface area contributed by atoms with Gasteiger partial charge < -0.3 is 9.80 Å². The highest BCUT2D eigenvalue weighted by molar-refractivity contribution is 6.28. The lowest BCUT2D eigenvalue weighted by atomic mass is 9.91. The normalized spacial score (nSPS) is 11.5. The van der Waals surface area contributed by atoms with Gasteiger partial charge in [0.25, 0.3) is 0 Å². The maximum absolute atomic E-state index is 14.9. The average Bonchev–Trinajstić information content (AvgIpc) is 3.39. The second-order valence-corrected chi connectivity index (χ2v) is 17.8. The van der Waals surface area contributed by atoms with Gasteiger partial charge in [-0.15, -0.1) is 0 Å². The minimum absolute atomic E-state index is 0.406. The number of hydrogen-bond donors (Lipinski definition) is 0. The molecular weight excluding hydrogens is 911 g/mol. The van der Waals surface area contributed by atoms with Gasteiger partial charge in [0.1, 0.15) is 34.9 Å². The van der Waals surface area contributed by atoms with Crippen molar-refractivity contribution in [2.45, 2.75) is 0 Å². The van der Waals surface area contributed by atoms with E-state index in [4.69, 9.17) is 0 Å². The van der Waals surface area contributed by atoms with Crippen LogP contribution in [0.25, 0.3) is 76.8 Å². The third kappa shape index (κ3) is 8.22. The van der Waals surface area contributed by atoms with E-state index < -0.39 is 34.9 Å². The van der Waals surface area contributed by atoms with E-state index in [0.717, 1.165) is 43.7 Å². The number of hydrogen-bond acceptors (Lipinski definition) is 2. The highest BCUT2D eigenvalue weighted by atomic mass is 19.1. The third-order valence-corrected chi connectivity index (χ3v) is 13.3. The van der Waals surface area contributed by atoms with Crippen LogP contribution in [0.2, 0.25) is 0 Å². The molecule has 0 bridgehead atoms. The maximum Gasteiger partial charge on any atom is 0.123 e. The molecule has 0 heterocycles. The first-order valence-electron chi connectivity index (χ1n) is 23.3. The van der Waals surface area contributed by atoms with E-state index in [1.165, 1.54) is 72.8 Å². The van der Waals surface area contributed by atoms with Gasteiger partial charge >= 0.3 is 0 Å². The van der Waals surface area contributed by atoms with Crippen molar-refractivity contribution in [2.24, 2.45) is 0 Å². The van der Waals surface area contributed by atoms with Gasteiger partial charge in [-0.25, -0.2) is 26.3 Å². The van der Waals surface area contributed by atoms with Crippen LogP contribution in [0.5, 0.6) is 0 Å². The number of halogens is 6. The van der Waals surface area contributed by atoms with Gasteiger partial charge in [-0.1, -0.05) is 84.9 Å². The summed E-state index contributed by atoms with van der Waals surface area (Å²) in [5.74, 6) is -2.45. The van der Waals surface area contributed by atoms with Gasteiger partial charge in [0.05, 0.1) is 11.4 Å². The van der Waals surface area contributed by atoms with E-state index >= 15 is 0 Å². The molecule has 0 aromatic heterocycles. The molecule has 346 valence electrons. The van der Waals surface area contributed by atoms with E-state index in [-0.39, 0.29) is 0 Å². The Morgan fingerprint density at radius 1 is 0.222 bits per heavy atom. The molecule has 12 aromatic rings. The Kier molecular flexibility index (Phi) is 11.0. The second kappa shape index (κ2) is 18.0. The predicted molar refractivity (Wildman–Crippen MR) is 281 cm³/mol. The molecule has 0 aliphatic carbocycles. The molecule has 0 N–H and O–H groups in total. The van der Waals surface area contributed by atoms with Crippen LogP contribution in [0.4, 0.5) is 60.5 Å². The lowest BCUT2D eigenvalue weighted by Crippen LogP contribution is -2.12. The third-order valence-electron chi connectivity index (χ3n) is 13.3. The maximum atomic E-state index is 14.9. The van der Waals surface area contributed by atoms with Crippen molar-refractivity contribution in [3.8, 4) is 44.5 Å². The van der Waals surface area contributed by atoms with Gasteiger partial charge in [0.15, 0.2) is 0 Å². The quantitative estimate of drug-likeness (QED) is 0.0996. The van der Waals surface area contributed by atoms with Crippen molar-refractivity contribution in [3.05, 3.63) is 265 Å². The SMILES string of the molecule is Fc1ccc(N(c2cc(-c3cccc(F)c3)cc(-c3cccc(F)c3)c2)c2ccc3ccc4c(N(c5ccc(F)cc5)c5cc(-c6cccc(F)c6)cc(-c6cccc(F)c6)c5)ccc5ccc2c3c54)cc1. The van der Waals surface area contributed by atoms with Crippen molar-refractivity contribution in [3.63, 3.8) is 0 Å². The molecule has 0 aliphatic heterocycles. The zero-order valence-corrected chi connectivity index (χ0v) is 38.1. The molecule has 0 spiro atoms. The summed E-state index contributed by atoms with van der Waals surface area (Å²) in [4.78, 5) is 4.07. The first-order valence-corrected chi connectivity index (χ1v) is 23.3. The zero-order chi connectivity index (χ0) is 49.0. The molecule has 72 heavy (non-hydrogen) atoms. The summed E-state index contributed by atoms with van der Waals surface area (Å²) in [6, 6.07) is 65.7. The van der Waals surface area contributed by atoms with Gasteiger partial charge in [0.2, 0.25) is 0 Å². The first-order chi connectivity index (χ1) is 35.1. The van der Waals surface area contributed by atoms with E-state index in [0.29, 0.717) is 67.3 Å². The Bertz CT molecular complexity index is 3630. The van der Waals surface area contributed by atoms with Crippen LogP contribution in [-0.2, 0) is 0 Å². The van der Waals surface area contributed by atoms with Crippen LogP contribution in [0, 0.1) is 34.9 Å². The molecule has 2 nitrogen and oxygen atoms in total. The summed E-state index contributed by atoms with van der Waals surface area (Å²) in [6.07, 6.45) is 0. The van der Waals surface area contributed by atoms with Crippen LogP contribution in [0.1, 0.15) is 0 Å². The van der Waals surface area contributed by atoms with Gasteiger partial charge in [-0.05, 0) is 212 Å².